The molecule has 0 radical (unpaired) electrons. The molecule has 0 atom stereocenters. The molecule has 1 aromatic rings. The van der Waals surface area contributed by atoms with Crippen LogP contribution in [0.5, 0.6) is 0 Å². The molecule has 0 unspecified atom stereocenters. The first kappa shape index (κ1) is 7.69. The molecule has 0 fully saturated rings. The van der Waals surface area contributed by atoms with Crippen LogP contribution in [0.25, 0.3) is 0 Å². The molecule has 0 saturated carbocycles. The van der Waals surface area contributed by atoms with Crippen molar-refractivity contribution < 1.29 is 4.79 Å². The van der Waals surface area contributed by atoms with E-state index in [1.54, 1.807) is 12.1 Å². The Morgan fingerprint density at radius 3 is 2.30 bits per heavy atom. The Labute approximate surface area is 68.6 Å². The third-order valence-electron chi connectivity index (χ3n) is 1.12. The molecule has 0 spiro atoms. The zero-order chi connectivity index (χ0) is 7.40. The van der Waals surface area contributed by atoms with E-state index in [9.17, 15) is 4.79 Å². The van der Waals surface area contributed by atoms with Gasteiger partial charge in [-0.25, -0.2) is 0 Å². The summed E-state index contributed by atoms with van der Waals surface area (Å²) in [6.07, 6.45) is 0.826. The second-order valence-corrected chi connectivity index (χ2v) is 2.98. The highest BCUT2D eigenvalue weighted by molar-refractivity contribution is 8.68. The summed E-state index contributed by atoms with van der Waals surface area (Å²) in [6.45, 7) is 0. The van der Waals surface area contributed by atoms with Crippen LogP contribution in [0.3, 0.4) is 0 Å². The molecule has 3 heteroatoms. The lowest BCUT2D eigenvalue weighted by atomic mass is 10.2. The zero-order valence-electron chi connectivity index (χ0n) is 5.15. The molecule has 0 heterocycles. The Bertz CT molecular complexity index is 218. The number of carbonyl (C=O) groups excluding carboxylic acids is 1. The largest absolute Gasteiger partial charge is 0.298 e. The van der Waals surface area contributed by atoms with Gasteiger partial charge >= 0.3 is 0 Å². The predicted molar refractivity (Wildman–Crippen MR) is 46.7 cm³/mol. The van der Waals surface area contributed by atoms with Crippen molar-refractivity contribution in [3.05, 3.63) is 29.8 Å². The molecule has 1 nitrogen and oxygen atoms in total. The molecule has 1 rings (SSSR count). The van der Waals surface area contributed by atoms with Gasteiger partial charge in [-0.3, -0.25) is 4.79 Å². The highest BCUT2D eigenvalue weighted by Crippen LogP contribution is 2.20. The minimum Gasteiger partial charge on any atom is -0.298 e. The topological polar surface area (TPSA) is 17.1 Å². The Balaban J connectivity index is 2.90. The van der Waals surface area contributed by atoms with Crippen LogP contribution in [0.2, 0.25) is 0 Å². The summed E-state index contributed by atoms with van der Waals surface area (Å²) in [5, 5.41) is 0. The number of thiol groups is 1. The molecule has 10 heavy (non-hydrogen) atoms. The van der Waals surface area contributed by atoms with Gasteiger partial charge in [0.15, 0.2) is 0 Å². The van der Waals surface area contributed by atoms with Crippen LogP contribution in [-0.4, -0.2) is 6.29 Å². The van der Waals surface area contributed by atoms with Crippen LogP contribution < -0.4 is 0 Å². The van der Waals surface area contributed by atoms with Crippen LogP contribution in [0.1, 0.15) is 10.4 Å². The van der Waals surface area contributed by atoms with E-state index in [-0.39, 0.29) is 0 Å². The number of hydrogen-bond donors (Lipinski definition) is 1. The average molecular weight is 170 g/mol. The first-order valence-electron chi connectivity index (χ1n) is 2.73. The molecular formula is C7H6OS2. The molecule has 0 bridgehead atoms. The highest BCUT2D eigenvalue weighted by atomic mass is 33.1. The van der Waals surface area contributed by atoms with Crippen molar-refractivity contribution in [2.24, 2.45) is 0 Å². The molecule has 0 amide bonds. The van der Waals surface area contributed by atoms with Crippen LogP contribution in [0, 0.1) is 0 Å². The number of aldehydes is 1. The minimum atomic E-state index is 0.700. The second-order valence-electron chi connectivity index (χ2n) is 1.78. The lowest BCUT2D eigenvalue weighted by molar-refractivity contribution is 0.112. The quantitative estimate of drug-likeness (QED) is 0.417. The van der Waals surface area contributed by atoms with Crippen molar-refractivity contribution in [1.82, 2.24) is 0 Å². The fourth-order valence-electron chi connectivity index (χ4n) is 0.607. The lowest BCUT2D eigenvalue weighted by Crippen LogP contribution is -1.76. The SMILES string of the molecule is O=Cc1ccc(SS)cc1. The summed E-state index contributed by atoms with van der Waals surface area (Å²) in [4.78, 5) is 11.2. The third kappa shape index (κ3) is 1.78. The Morgan fingerprint density at radius 2 is 1.90 bits per heavy atom. The van der Waals surface area contributed by atoms with Gasteiger partial charge in [-0.2, -0.15) is 0 Å². The van der Waals surface area contributed by atoms with Gasteiger partial charge < -0.3 is 0 Å². The van der Waals surface area contributed by atoms with Crippen LogP contribution in [0.15, 0.2) is 29.2 Å². The molecule has 1 aromatic carbocycles. The molecule has 52 valence electrons. The van der Waals surface area contributed by atoms with Gasteiger partial charge in [0, 0.05) is 10.5 Å². The third-order valence-corrected chi connectivity index (χ3v) is 2.24. The second kappa shape index (κ2) is 3.68. The Kier molecular flexibility index (Phi) is 2.83. The van der Waals surface area contributed by atoms with E-state index in [0.29, 0.717) is 5.56 Å². The van der Waals surface area contributed by atoms with E-state index >= 15 is 0 Å². The monoisotopic (exact) mass is 170 g/mol. The van der Waals surface area contributed by atoms with E-state index in [4.69, 9.17) is 0 Å². The summed E-state index contributed by atoms with van der Waals surface area (Å²) in [6, 6.07) is 7.26. The lowest BCUT2D eigenvalue weighted by Gasteiger charge is -1.92. The van der Waals surface area contributed by atoms with E-state index < -0.39 is 0 Å². The number of hydrogen-bond acceptors (Lipinski definition) is 3. The average Bonchev–Trinajstić information content (AvgIpc) is 2.05. The molecule has 0 N–H and O–H groups in total. The van der Waals surface area contributed by atoms with Gasteiger partial charge in [0.2, 0.25) is 0 Å². The minimum absolute atomic E-state index is 0.700. The van der Waals surface area contributed by atoms with E-state index in [0.717, 1.165) is 11.2 Å². The van der Waals surface area contributed by atoms with Gasteiger partial charge in [0.1, 0.15) is 6.29 Å². The van der Waals surface area contributed by atoms with Gasteiger partial charge in [0.05, 0.1) is 0 Å². The first-order chi connectivity index (χ1) is 4.86. The summed E-state index contributed by atoms with van der Waals surface area (Å²) in [5.41, 5.74) is 0.700. The summed E-state index contributed by atoms with van der Waals surface area (Å²) in [5.74, 6) is 0. The first-order valence-corrected chi connectivity index (χ1v) is 4.60. The van der Waals surface area contributed by atoms with Crippen molar-refractivity contribution in [3.63, 3.8) is 0 Å². The highest BCUT2D eigenvalue weighted by Gasteiger charge is 1.89. The number of benzene rings is 1. The smallest absolute Gasteiger partial charge is 0.150 e. The van der Waals surface area contributed by atoms with Crippen molar-refractivity contribution >= 4 is 28.7 Å². The molecule has 0 aliphatic carbocycles. The van der Waals surface area contributed by atoms with Crippen molar-refractivity contribution in [2.45, 2.75) is 4.90 Å². The van der Waals surface area contributed by atoms with Crippen LogP contribution in [-0.2, 0) is 0 Å². The summed E-state index contributed by atoms with van der Waals surface area (Å²) >= 11 is 4.00. The van der Waals surface area contributed by atoms with Gasteiger partial charge in [0.25, 0.3) is 0 Å². The zero-order valence-corrected chi connectivity index (χ0v) is 6.86. The fourth-order valence-corrected chi connectivity index (χ4v) is 1.23. The van der Waals surface area contributed by atoms with Crippen molar-refractivity contribution in [1.29, 1.82) is 0 Å². The maximum absolute atomic E-state index is 10.2. The van der Waals surface area contributed by atoms with Crippen LogP contribution >= 0.6 is 22.5 Å². The van der Waals surface area contributed by atoms with Gasteiger partial charge in [-0.15, -0.1) is 11.7 Å². The molecular weight excluding hydrogens is 164 g/mol. The molecule has 0 aliphatic rings. The molecule has 0 saturated heterocycles. The van der Waals surface area contributed by atoms with Crippen LogP contribution in [0.4, 0.5) is 0 Å². The van der Waals surface area contributed by atoms with Gasteiger partial charge in [-0.1, -0.05) is 22.9 Å². The van der Waals surface area contributed by atoms with E-state index in [2.05, 4.69) is 11.7 Å². The standard InChI is InChI=1S/C7H6OS2/c8-5-6-1-3-7(10-9)4-2-6/h1-5,9H. The fraction of sp³-hybridized carbons (Fsp3) is 0. The van der Waals surface area contributed by atoms with Crippen molar-refractivity contribution in [3.8, 4) is 0 Å². The van der Waals surface area contributed by atoms with Crippen molar-refractivity contribution in [2.75, 3.05) is 0 Å². The maximum atomic E-state index is 10.2. The normalized spacial score (nSPS) is 9.30. The molecule has 0 aliphatic heterocycles. The van der Waals surface area contributed by atoms with E-state index in [1.807, 2.05) is 12.1 Å². The van der Waals surface area contributed by atoms with Gasteiger partial charge in [-0.05, 0) is 12.1 Å². The number of rotatable bonds is 2. The number of carbonyl (C=O) groups is 1. The predicted octanol–water partition coefficient (Wildman–Crippen LogP) is 2.44. The Morgan fingerprint density at radius 1 is 1.30 bits per heavy atom. The summed E-state index contributed by atoms with van der Waals surface area (Å²) < 4.78 is 0. The summed E-state index contributed by atoms with van der Waals surface area (Å²) in [7, 11) is 1.37. The van der Waals surface area contributed by atoms with E-state index in [1.165, 1.54) is 10.8 Å². The molecule has 0 aromatic heterocycles. The maximum Gasteiger partial charge on any atom is 0.150 e. The Hall–Kier alpha value is -0.410.